The van der Waals surface area contributed by atoms with Crippen molar-refractivity contribution in [2.24, 2.45) is 0 Å². The summed E-state index contributed by atoms with van der Waals surface area (Å²) in [7, 11) is 0. The van der Waals surface area contributed by atoms with Crippen molar-refractivity contribution >= 4 is 0 Å². The highest BCUT2D eigenvalue weighted by Crippen LogP contribution is 2.43. The van der Waals surface area contributed by atoms with Gasteiger partial charge in [-0.1, -0.05) is 62.8 Å². The molecule has 0 bridgehead atoms. The Morgan fingerprint density at radius 2 is 1.21 bits per heavy atom. The number of hydrogen-bond donors (Lipinski definition) is 0. The first-order valence-corrected chi connectivity index (χ1v) is 9.97. The first-order valence-electron chi connectivity index (χ1n) is 9.97. The Labute approximate surface area is 146 Å². The zero-order valence-corrected chi connectivity index (χ0v) is 14.7. The molecule has 2 saturated carbocycles. The number of nitrogens with zero attached hydrogens (tertiary/aromatic N) is 1. The Morgan fingerprint density at radius 3 is 1.71 bits per heavy atom. The molecule has 4 rings (SSSR count). The van der Waals surface area contributed by atoms with Crippen molar-refractivity contribution in [1.29, 1.82) is 0 Å². The van der Waals surface area contributed by atoms with E-state index in [0.717, 1.165) is 11.8 Å². The molecule has 2 aromatic rings. The number of pyridine rings is 1. The predicted octanol–water partition coefficient (Wildman–Crippen LogP) is 6.84. The maximum absolute atomic E-state index is 4.76. The molecule has 0 atom stereocenters. The van der Waals surface area contributed by atoms with Crippen LogP contribution < -0.4 is 0 Å². The number of aromatic nitrogens is 1. The lowest BCUT2D eigenvalue weighted by molar-refractivity contribution is 0.436. The lowest BCUT2D eigenvalue weighted by atomic mass is 9.76. The lowest BCUT2D eigenvalue weighted by Crippen LogP contribution is -2.11. The third-order valence-corrected chi connectivity index (χ3v) is 6.14. The van der Waals surface area contributed by atoms with E-state index in [9.17, 15) is 0 Å². The van der Waals surface area contributed by atoms with Gasteiger partial charge in [-0.2, -0.15) is 0 Å². The van der Waals surface area contributed by atoms with Gasteiger partial charge in [-0.25, -0.2) is 0 Å². The van der Waals surface area contributed by atoms with Gasteiger partial charge in [0.15, 0.2) is 0 Å². The summed E-state index contributed by atoms with van der Waals surface area (Å²) in [6, 6.07) is 13.5. The molecule has 1 heteroatoms. The van der Waals surface area contributed by atoms with Crippen LogP contribution in [0.25, 0.3) is 11.3 Å². The van der Waals surface area contributed by atoms with E-state index >= 15 is 0 Å². The first kappa shape index (κ1) is 15.9. The van der Waals surface area contributed by atoms with Crippen LogP contribution in [0, 0.1) is 0 Å². The number of hydrogen-bond acceptors (Lipinski definition) is 1. The third kappa shape index (κ3) is 3.27. The summed E-state index contributed by atoms with van der Waals surface area (Å²) in [5.41, 5.74) is 5.84. The molecule has 0 saturated heterocycles. The molecule has 0 unspecified atom stereocenters. The van der Waals surface area contributed by atoms with E-state index in [1.54, 1.807) is 11.1 Å². The molecule has 0 spiro atoms. The zero-order chi connectivity index (χ0) is 16.2. The molecule has 0 N–H and O–H groups in total. The van der Waals surface area contributed by atoms with Crippen molar-refractivity contribution < 1.29 is 0 Å². The molecule has 2 fully saturated rings. The molecule has 24 heavy (non-hydrogen) atoms. The van der Waals surface area contributed by atoms with Gasteiger partial charge in [0.2, 0.25) is 0 Å². The second-order valence-electron chi connectivity index (χ2n) is 7.70. The van der Waals surface area contributed by atoms with Crippen molar-refractivity contribution in [3.63, 3.8) is 0 Å². The van der Waals surface area contributed by atoms with Gasteiger partial charge in [-0.3, -0.25) is 4.98 Å². The highest BCUT2D eigenvalue weighted by atomic mass is 14.7. The van der Waals surface area contributed by atoms with Crippen LogP contribution in [0.1, 0.15) is 87.2 Å². The van der Waals surface area contributed by atoms with Gasteiger partial charge in [0.1, 0.15) is 0 Å². The molecule has 1 aromatic heterocycles. The van der Waals surface area contributed by atoms with Crippen LogP contribution in [0.3, 0.4) is 0 Å². The van der Waals surface area contributed by atoms with Crippen molar-refractivity contribution in [3.05, 3.63) is 53.7 Å². The van der Waals surface area contributed by atoms with Gasteiger partial charge in [0.05, 0.1) is 5.69 Å². The predicted molar refractivity (Wildman–Crippen MR) is 101 cm³/mol. The van der Waals surface area contributed by atoms with Gasteiger partial charge in [-0.05, 0) is 60.8 Å². The molecular formula is C23H29N. The van der Waals surface area contributed by atoms with E-state index < -0.39 is 0 Å². The van der Waals surface area contributed by atoms with Crippen LogP contribution in [0.15, 0.2) is 42.6 Å². The first-order chi connectivity index (χ1) is 11.9. The fourth-order valence-electron chi connectivity index (χ4n) is 4.90. The smallest absolute Gasteiger partial charge is 0.0707 e. The highest BCUT2D eigenvalue weighted by molar-refractivity contribution is 5.69. The summed E-state index contributed by atoms with van der Waals surface area (Å²) in [6.45, 7) is 0. The summed E-state index contributed by atoms with van der Waals surface area (Å²) in [4.78, 5) is 4.76. The molecule has 0 amide bonds. The minimum Gasteiger partial charge on any atom is -0.256 e. The molecule has 1 heterocycles. The summed E-state index contributed by atoms with van der Waals surface area (Å²) >= 11 is 0. The molecular weight excluding hydrogens is 290 g/mol. The minimum absolute atomic E-state index is 0.735. The van der Waals surface area contributed by atoms with Gasteiger partial charge >= 0.3 is 0 Å². The van der Waals surface area contributed by atoms with Crippen LogP contribution in [0.4, 0.5) is 0 Å². The molecule has 1 aromatic carbocycles. The standard InChI is InChI=1S/C23H29N/c1-3-10-18(11-4-1)20-14-9-15-21(19-12-5-2-6-13-19)23(20)22-16-7-8-17-24-22/h7-9,14-19H,1-6,10-13H2. The fourth-order valence-corrected chi connectivity index (χ4v) is 4.90. The quantitative estimate of drug-likeness (QED) is 0.603. The van der Waals surface area contributed by atoms with Crippen LogP contribution >= 0.6 is 0 Å². The van der Waals surface area contributed by atoms with Crippen molar-refractivity contribution in [2.45, 2.75) is 76.0 Å². The van der Waals surface area contributed by atoms with Crippen LogP contribution in [-0.4, -0.2) is 4.98 Å². The number of rotatable bonds is 3. The Hall–Kier alpha value is -1.63. The average molecular weight is 319 g/mol. The summed E-state index contributed by atoms with van der Waals surface area (Å²) in [5, 5.41) is 0. The SMILES string of the molecule is c1ccc(-c2c(C3CCCCC3)cccc2C2CCCCC2)nc1. The Morgan fingerprint density at radius 1 is 0.625 bits per heavy atom. The third-order valence-electron chi connectivity index (χ3n) is 6.14. The summed E-state index contributed by atoms with van der Waals surface area (Å²) < 4.78 is 0. The van der Waals surface area contributed by atoms with E-state index in [2.05, 4.69) is 30.3 Å². The van der Waals surface area contributed by atoms with Crippen molar-refractivity contribution in [3.8, 4) is 11.3 Å². The van der Waals surface area contributed by atoms with E-state index in [1.165, 1.54) is 75.5 Å². The van der Waals surface area contributed by atoms with Crippen molar-refractivity contribution in [1.82, 2.24) is 4.98 Å². The molecule has 2 aliphatic carbocycles. The summed E-state index contributed by atoms with van der Waals surface area (Å²) in [6.07, 6.45) is 15.8. The molecule has 0 radical (unpaired) electrons. The summed E-state index contributed by atoms with van der Waals surface area (Å²) in [5.74, 6) is 1.47. The Bertz CT molecular complexity index is 613. The van der Waals surface area contributed by atoms with Gasteiger partial charge in [-0.15, -0.1) is 0 Å². The number of benzene rings is 1. The second-order valence-corrected chi connectivity index (χ2v) is 7.70. The normalized spacial score (nSPS) is 20.2. The van der Waals surface area contributed by atoms with Gasteiger partial charge in [0, 0.05) is 11.8 Å². The van der Waals surface area contributed by atoms with E-state index in [1.807, 2.05) is 12.3 Å². The minimum atomic E-state index is 0.735. The van der Waals surface area contributed by atoms with Crippen LogP contribution in [0.5, 0.6) is 0 Å². The van der Waals surface area contributed by atoms with Crippen LogP contribution in [0.2, 0.25) is 0 Å². The second kappa shape index (κ2) is 7.51. The van der Waals surface area contributed by atoms with Gasteiger partial charge < -0.3 is 0 Å². The molecule has 0 aliphatic heterocycles. The van der Waals surface area contributed by atoms with E-state index in [0.29, 0.717) is 0 Å². The topological polar surface area (TPSA) is 12.9 Å². The lowest BCUT2D eigenvalue weighted by Gasteiger charge is -2.29. The maximum Gasteiger partial charge on any atom is 0.0707 e. The highest BCUT2D eigenvalue weighted by Gasteiger charge is 2.25. The van der Waals surface area contributed by atoms with Crippen molar-refractivity contribution in [2.75, 3.05) is 0 Å². The Kier molecular flexibility index (Phi) is 4.96. The largest absolute Gasteiger partial charge is 0.256 e. The van der Waals surface area contributed by atoms with Gasteiger partial charge in [0.25, 0.3) is 0 Å². The van der Waals surface area contributed by atoms with E-state index in [4.69, 9.17) is 4.98 Å². The Balaban J connectivity index is 1.80. The zero-order valence-electron chi connectivity index (χ0n) is 14.7. The molecule has 126 valence electrons. The average Bonchev–Trinajstić information content (AvgIpc) is 2.69. The molecule has 2 aliphatic rings. The monoisotopic (exact) mass is 319 g/mol. The maximum atomic E-state index is 4.76. The van der Waals surface area contributed by atoms with Crippen LogP contribution in [-0.2, 0) is 0 Å². The molecule has 1 nitrogen and oxygen atoms in total. The fraction of sp³-hybridized carbons (Fsp3) is 0.522. The van der Waals surface area contributed by atoms with E-state index in [-0.39, 0.29) is 0 Å².